The summed E-state index contributed by atoms with van der Waals surface area (Å²) in [4.78, 5) is 69.1. The van der Waals surface area contributed by atoms with Crippen LogP contribution in [0.3, 0.4) is 0 Å². The molecule has 0 saturated carbocycles. The predicted octanol–water partition coefficient (Wildman–Crippen LogP) is 9.04. The number of fused-ring (bicyclic) bond motifs is 6. The highest BCUT2D eigenvalue weighted by Gasteiger charge is 2.29. The molecule has 0 saturated heterocycles. The van der Waals surface area contributed by atoms with Gasteiger partial charge in [0, 0.05) is 44.2 Å². The van der Waals surface area contributed by atoms with E-state index in [4.69, 9.17) is 14.5 Å². The number of benzene rings is 4. The molecule has 16 nitrogen and oxygen atoms in total. The van der Waals surface area contributed by atoms with E-state index >= 15 is 0 Å². The van der Waals surface area contributed by atoms with Crippen LogP contribution in [0.5, 0.6) is 5.75 Å². The van der Waals surface area contributed by atoms with E-state index in [9.17, 15) is 19.2 Å². The van der Waals surface area contributed by atoms with Crippen molar-refractivity contribution in [1.82, 2.24) is 35.1 Å². The quantitative estimate of drug-likeness (QED) is 0.0769. The number of aromatic nitrogens is 4. The van der Waals surface area contributed by atoms with E-state index in [-0.39, 0.29) is 24.4 Å². The number of ether oxygens (including phenoxy) is 4. The summed E-state index contributed by atoms with van der Waals surface area (Å²) in [6.45, 7) is 12.0. The maximum absolute atomic E-state index is 14.0. The van der Waals surface area contributed by atoms with Gasteiger partial charge in [-0.15, -0.1) is 0 Å². The first-order valence-corrected chi connectivity index (χ1v) is 22.3. The Hall–Kier alpha value is -6.94. The minimum atomic E-state index is -0.911. The second-order valence-electron chi connectivity index (χ2n) is 16.3. The fourth-order valence-corrected chi connectivity index (χ4v) is 7.61. The van der Waals surface area contributed by atoms with Crippen molar-refractivity contribution in [3.63, 3.8) is 0 Å². The van der Waals surface area contributed by atoms with E-state index in [2.05, 4.69) is 99.6 Å². The molecule has 3 atom stereocenters. The zero-order chi connectivity index (χ0) is 47.9. The lowest BCUT2D eigenvalue weighted by atomic mass is 9.92. The van der Waals surface area contributed by atoms with Crippen molar-refractivity contribution in [2.75, 3.05) is 35.0 Å². The van der Waals surface area contributed by atoms with Crippen LogP contribution in [0.4, 0.5) is 9.59 Å². The van der Waals surface area contributed by atoms with Gasteiger partial charge < -0.3 is 49.8 Å². The molecule has 1 aliphatic heterocycles. The molecule has 16 heteroatoms. The molecule has 0 fully saturated rings. The first-order chi connectivity index (χ1) is 31.8. The van der Waals surface area contributed by atoms with Gasteiger partial charge in [-0.05, 0) is 77.6 Å². The Balaban J connectivity index is 0.000000945. The average Bonchev–Trinajstić information content (AvgIpc) is 3.99. The maximum Gasteiger partial charge on any atom is 0.407 e. The number of H-pyrrole nitrogens is 2. The molecular formula is C50H64N8O8. The fourth-order valence-electron chi connectivity index (χ4n) is 7.61. The number of carbonyl (C=O) groups excluding carboxylic acids is 4. The van der Waals surface area contributed by atoms with Gasteiger partial charge in [-0.2, -0.15) is 0 Å². The Labute approximate surface area is 386 Å². The highest BCUT2D eigenvalue weighted by Crippen LogP contribution is 2.42. The second-order valence-corrected chi connectivity index (χ2v) is 16.3. The standard InChI is InChI=1S/C46H53N7O5.C2H5NO2.C2H6O/c1-7-19-52(45(55)43(51-46(56)57-6)30-13-11-10-12-14-30)25-41-48-37-18-16-31-22-36-34-17-15-32(21-33(34)27-58-39(36)23-35(31)44(37)50-41)38-24-47-40(49-38)26-53(29(5)9-3)42(54)20-28(4)8-2;1-5-2(3)4;1-3-2/h10-18,21-24,28-29,43H,7-9,19-20,25-27H2,1-6H3,(H,47,49)(H,48,50)(H,51,56);1H3,(H2,3,4);1-2H3/t28?,29-,43?;;/m0../s1. The van der Waals surface area contributed by atoms with Crippen molar-refractivity contribution < 1.29 is 38.1 Å². The fraction of sp³-hybridized carbons (Fsp3) is 0.400. The molecule has 0 bridgehead atoms. The highest BCUT2D eigenvalue weighted by atomic mass is 16.5. The Morgan fingerprint density at radius 3 is 2.24 bits per heavy atom. The molecule has 0 aliphatic carbocycles. The molecule has 1 aliphatic rings. The first-order valence-electron chi connectivity index (χ1n) is 22.3. The Morgan fingerprint density at radius 1 is 0.864 bits per heavy atom. The molecule has 3 heterocycles. The van der Waals surface area contributed by atoms with E-state index < -0.39 is 18.2 Å². The normalized spacial score (nSPS) is 12.7. The molecule has 0 spiro atoms. The van der Waals surface area contributed by atoms with Crippen LogP contribution < -0.4 is 15.8 Å². The summed E-state index contributed by atoms with van der Waals surface area (Å²) in [5, 5.41) is 4.68. The third kappa shape index (κ3) is 12.4. The number of hydrogen-bond donors (Lipinski definition) is 4. The lowest BCUT2D eigenvalue weighted by Crippen LogP contribution is -2.43. The van der Waals surface area contributed by atoms with Gasteiger partial charge in [0.25, 0.3) is 0 Å². The van der Waals surface area contributed by atoms with E-state index in [0.717, 1.165) is 80.6 Å². The van der Waals surface area contributed by atoms with E-state index in [1.54, 1.807) is 19.1 Å². The number of alkyl carbamates (subject to hydrolysis) is 1. The molecule has 0 radical (unpaired) electrons. The Bertz CT molecular complexity index is 2570. The summed E-state index contributed by atoms with van der Waals surface area (Å²) in [6.07, 6.45) is 3.54. The molecule has 66 heavy (non-hydrogen) atoms. The van der Waals surface area contributed by atoms with Crippen molar-refractivity contribution in [3.8, 4) is 28.1 Å². The van der Waals surface area contributed by atoms with E-state index in [1.165, 1.54) is 14.2 Å². The Kier molecular flexibility index (Phi) is 18.1. The predicted molar refractivity (Wildman–Crippen MR) is 255 cm³/mol. The highest BCUT2D eigenvalue weighted by molar-refractivity contribution is 6.07. The SMILES string of the molecule is CCCN(Cc1nc2c(ccc3cc4c(cc32)OCc2cc(-c3cnc(CN(C(=O)CC(C)CC)[C@@H](C)CC)[nH]3)ccc2-4)[nH]1)C(=O)C(NC(=O)OC)c1ccccc1.COC.COC(N)=O. The minimum absolute atomic E-state index is 0.122. The smallest absolute Gasteiger partial charge is 0.407 e. The molecule has 4 aromatic carbocycles. The van der Waals surface area contributed by atoms with Gasteiger partial charge >= 0.3 is 12.2 Å². The lowest BCUT2D eigenvalue weighted by molar-refractivity contribution is -0.135. The zero-order valence-corrected chi connectivity index (χ0v) is 39.5. The van der Waals surface area contributed by atoms with Gasteiger partial charge in [0.05, 0.1) is 50.2 Å². The lowest BCUT2D eigenvalue weighted by Gasteiger charge is -2.29. The third-order valence-corrected chi connectivity index (χ3v) is 11.5. The number of rotatable bonds is 15. The van der Waals surface area contributed by atoms with Gasteiger partial charge in [0.1, 0.15) is 30.0 Å². The number of aromatic amines is 2. The van der Waals surface area contributed by atoms with Crippen molar-refractivity contribution >= 4 is 45.8 Å². The summed E-state index contributed by atoms with van der Waals surface area (Å²) >= 11 is 0. The van der Waals surface area contributed by atoms with Crippen molar-refractivity contribution in [2.45, 2.75) is 92.1 Å². The second kappa shape index (κ2) is 23.8. The van der Waals surface area contributed by atoms with Gasteiger partial charge in [-0.1, -0.05) is 82.6 Å². The van der Waals surface area contributed by atoms with E-state index in [0.29, 0.717) is 43.4 Å². The average molecular weight is 905 g/mol. The van der Waals surface area contributed by atoms with Crippen LogP contribution in [-0.4, -0.2) is 94.8 Å². The van der Waals surface area contributed by atoms with Gasteiger partial charge in [-0.3, -0.25) is 9.59 Å². The van der Waals surface area contributed by atoms with Crippen LogP contribution in [0.15, 0.2) is 79.0 Å². The van der Waals surface area contributed by atoms with Crippen LogP contribution in [-0.2, 0) is 43.5 Å². The number of hydrogen-bond acceptors (Lipinski definition) is 10. The monoisotopic (exact) mass is 904 g/mol. The number of nitrogens with one attached hydrogen (secondary N) is 3. The topological polar surface area (TPSA) is 207 Å². The molecule has 352 valence electrons. The molecule has 6 aromatic rings. The van der Waals surface area contributed by atoms with Gasteiger partial charge in [0.2, 0.25) is 11.8 Å². The third-order valence-electron chi connectivity index (χ3n) is 11.5. The summed E-state index contributed by atoms with van der Waals surface area (Å²) < 4.78 is 19.4. The number of primary amides is 1. The van der Waals surface area contributed by atoms with Crippen LogP contribution in [0.2, 0.25) is 0 Å². The summed E-state index contributed by atoms with van der Waals surface area (Å²) in [7, 11) is 5.76. The number of carbonyl (C=O) groups is 4. The molecule has 5 N–H and O–H groups in total. The minimum Gasteiger partial charge on any atom is -0.488 e. The number of methoxy groups -OCH3 is 3. The molecule has 2 unspecified atom stereocenters. The van der Waals surface area contributed by atoms with Crippen LogP contribution in [0.1, 0.15) is 89.1 Å². The van der Waals surface area contributed by atoms with Crippen LogP contribution in [0, 0.1) is 5.92 Å². The van der Waals surface area contributed by atoms with Crippen molar-refractivity contribution in [3.05, 3.63) is 102 Å². The van der Waals surface area contributed by atoms with Gasteiger partial charge in [0.15, 0.2) is 0 Å². The zero-order valence-electron chi connectivity index (χ0n) is 39.5. The number of imidazole rings is 2. The number of amides is 4. The largest absolute Gasteiger partial charge is 0.488 e. The molecular weight excluding hydrogens is 841 g/mol. The summed E-state index contributed by atoms with van der Waals surface area (Å²) in [5.74, 6) is 2.44. The molecule has 4 amide bonds. The Morgan fingerprint density at radius 2 is 1.59 bits per heavy atom. The maximum atomic E-state index is 14.0. The summed E-state index contributed by atoms with van der Waals surface area (Å²) in [5.41, 5.74) is 11.8. The summed E-state index contributed by atoms with van der Waals surface area (Å²) in [6, 6.07) is 23.1. The van der Waals surface area contributed by atoms with Crippen molar-refractivity contribution in [2.24, 2.45) is 11.7 Å². The van der Waals surface area contributed by atoms with Crippen molar-refractivity contribution in [1.29, 1.82) is 0 Å². The van der Waals surface area contributed by atoms with Gasteiger partial charge in [-0.25, -0.2) is 19.6 Å². The number of nitrogens with two attached hydrogens (primary N) is 1. The van der Waals surface area contributed by atoms with Crippen LogP contribution in [0.25, 0.3) is 44.2 Å². The number of nitrogens with zero attached hydrogens (tertiary/aromatic N) is 4. The molecule has 2 aromatic heterocycles. The van der Waals surface area contributed by atoms with E-state index in [1.807, 2.05) is 54.4 Å². The van der Waals surface area contributed by atoms with Crippen LogP contribution >= 0.6 is 0 Å². The first kappa shape index (κ1) is 50.1. The molecule has 7 rings (SSSR count).